The highest BCUT2D eigenvalue weighted by Crippen LogP contribution is 2.24. The zero-order valence-corrected chi connectivity index (χ0v) is 12.1. The second kappa shape index (κ2) is 5.88. The summed E-state index contributed by atoms with van der Waals surface area (Å²) < 4.78 is 11.7. The van der Waals surface area contributed by atoms with E-state index in [0.29, 0.717) is 11.7 Å². The van der Waals surface area contributed by atoms with Crippen LogP contribution in [0.25, 0.3) is 11.4 Å². The van der Waals surface area contributed by atoms with Crippen LogP contribution in [0.15, 0.2) is 63.6 Å². The number of hydrogen-bond donors (Lipinski definition) is 0. The normalized spacial score (nSPS) is 10.4. The van der Waals surface area contributed by atoms with Gasteiger partial charge >= 0.3 is 0 Å². The predicted molar refractivity (Wildman–Crippen MR) is 78.2 cm³/mol. The Morgan fingerprint density at radius 1 is 1.00 bits per heavy atom. The number of hydrogen-bond acceptors (Lipinski definition) is 4. The molecule has 0 fully saturated rings. The van der Waals surface area contributed by atoms with Crippen LogP contribution < -0.4 is 4.74 Å². The van der Waals surface area contributed by atoms with Crippen LogP contribution >= 0.6 is 15.9 Å². The van der Waals surface area contributed by atoms with Crippen molar-refractivity contribution in [2.24, 2.45) is 0 Å². The molecule has 3 rings (SSSR count). The van der Waals surface area contributed by atoms with E-state index >= 15 is 0 Å². The molecule has 2 aromatic carbocycles. The fraction of sp³-hybridized carbons (Fsp3) is 0.0667. The SMILES string of the molecule is Brc1ccccc1OCc1nc(-c2ccccc2)no1. The third-order valence-electron chi connectivity index (χ3n) is 2.69. The first-order valence-electron chi connectivity index (χ1n) is 6.08. The molecule has 0 saturated heterocycles. The van der Waals surface area contributed by atoms with Crippen molar-refractivity contribution in [3.8, 4) is 17.1 Å². The molecule has 0 aliphatic rings. The van der Waals surface area contributed by atoms with Gasteiger partial charge in [-0.2, -0.15) is 4.98 Å². The number of ether oxygens (including phenoxy) is 1. The minimum absolute atomic E-state index is 0.239. The minimum Gasteiger partial charge on any atom is -0.483 e. The minimum atomic E-state index is 0.239. The van der Waals surface area contributed by atoms with E-state index in [9.17, 15) is 0 Å². The molecule has 0 amide bonds. The fourth-order valence-electron chi connectivity index (χ4n) is 1.72. The van der Waals surface area contributed by atoms with Crippen molar-refractivity contribution in [3.63, 3.8) is 0 Å². The Kier molecular flexibility index (Phi) is 3.78. The molecule has 3 aromatic rings. The second-order valence-electron chi connectivity index (χ2n) is 4.10. The zero-order chi connectivity index (χ0) is 13.8. The van der Waals surface area contributed by atoms with Crippen LogP contribution in [0.1, 0.15) is 5.89 Å². The first-order chi connectivity index (χ1) is 9.83. The summed E-state index contributed by atoms with van der Waals surface area (Å²) in [5, 5.41) is 3.94. The van der Waals surface area contributed by atoms with Gasteiger partial charge in [-0.3, -0.25) is 0 Å². The summed E-state index contributed by atoms with van der Waals surface area (Å²) in [6.07, 6.45) is 0. The molecule has 4 nitrogen and oxygen atoms in total. The summed E-state index contributed by atoms with van der Waals surface area (Å²) >= 11 is 3.42. The smallest absolute Gasteiger partial charge is 0.264 e. The Hall–Kier alpha value is -2.14. The van der Waals surface area contributed by atoms with Crippen LogP contribution in [0.4, 0.5) is 0 Å². The first kappa shape index (κ1) is 12.9. The molecule has 0 aliphatic heterocycles. The first-order valence-corrected chi connectivity index (χ1v) is 6.87. The average molecular weight is 331 g/mol. The lowest BCUT2D eigenvalue weighted by Gasteiger charge is -2.04. The molecular weight excluding hydrogens is 320 g/mol. The van der Waals surface area contributed by atoms with Gasteiger partial charge in [-0.05, 0) is 28.1 Å². The zero-order valence-electron chi connectivity index (χ0n) is 10.5. The molecule has 1 heterocycles. The van der Waals surface area contributed by atoms with Gasteiger partial charge in [-0.25, -0.2) is 0 Å². The highest BCUT2D eigenvalue weighted by molar-refractivity contribution is 9.10. The van der Waals surface area contributed by atoms with Crippen molar-refractivity contribution >= 4 is 15.9 Å². The Labute approximate surface area is 124 Å². The van der Waals surface area contributed by atoms with Crippen molar-refractivity contribution in [2.45, 2.75) is 6.61 Å². The maximum atomic E-state index is 5.63. The second-order valence-corrected chi connectivity index (χ2v) is 4.95. The largest absolute Gasteiger partial charge is 0.483 e. The summed E-state index contributed by atoms with van der Waals surface area (Å²) in [7, 11) is 0. The van der Waals surface area contributed by atoms with Gasteiger partial charge in [0.2, 0.25) is 5.82 Å². The van der Waals surface area contributed by atoms with E-state index in [1.807, 2.05) is 54.6 Å². The lowest BCUT2D eigenvalue weighted by molar-refractivity contribution is 0.242. The Morgan fingerprint density at radius 3 is 2.55 bits per heavy atom. The standard InChI is InChI=1S/C15H11BrN2O2/c16-12-8-4-5-9-13(12)19-10-14-17-15(18-20-14)11-6-2-1-3-7-11/h1-9H,10H2. The quantitative estimate of drug-likeness (QED) is 0.723. The van der Waals surface area contributed by atoms with Gasteiger partial charge in [0.15, 0.2) is 6.61 Å². The maximum Gasteiger partial charge on any atom is 0.264 e. The van der Waals surface area contributed by atoms with E-state index in [-0.39, 0.29) is 6.61 Å². The predicted octanol–water partition coefficient (Wildman–Crippen LogP) is 4.08. The van der Waals surface area contributed by atoms with Gasteiger partial charge in [0.25, 0.3) is 5.89 Å². The van der Waals surface area contributed by atoms with Crippen LogP contribution in [-0.2, 0) is 6.61 Å². The number of aromatic nitrogens is 2. The van der Waals surface area contributed by atoms with Crippen molar-refractivity contribution in [1.82, 2.24) is 10.1 Å². The van der Waals surface area contributed by atoms with E-state index in [0.717, 1.165) is 15.8 Å². The van der Waals surface area contributed by atoms with Crippen molar-refractivity contribution in [2.75, 3.05) is 0 Å². The van der Waals surface area contributed by atoms with Gasteiger partial charge in [0.1, 0.15) is 5.75 Å². The molecular formula is C15H11BrN2O2. The summed E-state index contributed by atoms with van der Waals surface area (Å²) in [6, 6.07) is 17.3. The van der Waals surface area contributed by atoms with Crippen molar-refractivity contribution < 1.29 is 9.26 Å². The molecule has 1 aromatic heterocycles. The van der Waals surface area contributed by atoms with Gasteiger partial charge in [-0.1, -0.05) is 47.6 Å². The molecule has 0 atom stereocenters. The summed E-state index contributed by atoms with van der Waals surface area (Å²) in [4.78, 5) is 4.31. The number of para-hydroxylation sites is 1. The Bertz CT molecular complexity index is 698. The number of rotatable bonds is 4. The topological polar surface area (TPSA) is 48.2 Å². The fourth-order valence-corrected chi connectivity index (χ4v) is 2.12. The number of benzene rings is 2. The summed E-state index contributed by atoms with van der Waals surface area (Å²) in [5.74, 6) is 1.75. The van der Waals surface area contributed by atoms with Crippen molar-refractivity contribution in [3.05, 3.63) is 65.0 Å². The van der Waals surface area contributed by atoms with E-state index in [1.165, 1.54) is 0 Å². The van der Waals surface area contributed by atoms with E-state index in [4.69, 9.17) is 9.26 Å². The van der Waals surface area contributed by atoms with E-state index in [1.54, 1.807) is 0 Å². The van der Waals surface area contributed by atoms with Gasteiger partial charge < -0.3 is 9.26 Å². The van der Waals surface area contributed by atoms with Gasteiger partial charge in [-0.15, -0.1) is 0 Å². The third kappa shape index (κ3) is 2.88. The monoisotopic (exact) mass is 330 g/mol. The maximum absolute atomic E-state index is 5.63. The summed E-state index contributed by atoms with van der Waals surface area (Å²) in [5.41, 5.74) is 0.920. The number of nitrogens with zero attached hydrogens (tertiary/aromatic N) is 2. The van der Waals surface area contributed by atoms with Gasteiger partial charge in [0.05, 0.1) is 4.47 Å². The average Bonchev–Trinajstić information content (AvgIpc) is 2.96. The highest BCUT2D eigenvalue weighted by atomic mass is 79.9. The Morgan fingerprint density at radius 2 is 1.75 bits per heavy atom. The molecule has 20 heavy (non-hydrogen) atoms. The van der Waals surface area contributed by atoms with Crippen LogP contribution in [0.5, 0.6) is 5.75 Å². The Balaban J connectivity index is 1.71. The molecule has 5 heteroatoms. The molecule has 0 radical (unpaired) electrons. The lowest BCUT2D eigenvalue weighted by Crippen LogP contribution is -1.96. The van der Waals surface area contributed by atoms with E-state index < -0.39 is 0 Å². The molecule has 0 aliphatic carbocycles. The molecule has 0 unspecified atom stereocenters. The molecule has 100 valence electrons. The summed E-state index contributed by atoms with van der Waals surface area (Å²) in [6.45, 7) is 0.239. The lowest BCUT2D eigenvalue weighted by atomic mass is 10.2. The van der Waals surface area contributed by atoms with Crippen molar-refractivity contribution in [1.29, 1.82) is 0 Å². The van der Waals surface area contributed by atoms with Crippen LogP contribution in [0, 0.1) is 0 Å². The number of halogens is 1. The highest BCUT2D eigenvalue weighted by Gasteiger charge is 2.09. The van der Waals surface area contributed by atoms with Gasteiger partial charge in [0, 0.05) is 5.56 Å². The molecule has 0 bridgehead atoms. The molecule has 0 N–H and O–H groups in total. The molecule has 0 spiro atoms. The van der Waals surface area contributed by atoms with E-state index in [2.05, 4.69) is 26.1 Å². The molecule has 0 saturated carbocycles. The van der Waals surface area contributed by atoms with Crippen LogP contribution in [-0.4, -0.2) is 10.1 Å². The van der Waals surface area contributed by atoms with Crippen LogP contribution in [0.3, 0.4) is 0 Å². The third-order valence-corrected chi connectivity index (χ3v) is 3.34. The van der Waals surface area contributed by atoms with Crippen LogP contribution in [0.2, 0.25) is 0 Å².